The van der Waals surface area contributed by atoms with Gasteiger partial charge in [0.05, 0.1) is 0 Å². The van der Waals surface area contributed by atoms with E-state index < -0.39 is 11.6 Å². The maximum Gasteiger partial charge on any atom is 0.325 e. The van der Waals surface area contributed by atoms with Crippen LogP contribution in [0.2, 0.25) is 0 Å². The summed E-state index contributed by atoms with van der Waals surface area (Å²) >= 11 is 0. The summed E-state index contributed by atoms with van der Waals surface area (Å²) in [7, 11) is 0. The lowest BCUT2D eigenvalue weighted by Crippen LogP contribution is -2.47. The molecule has 1 heterocycles. The molecular weight excluding hydrogens is 330 g/mol. The smallest absolute Gasteiger partial charge is 0.323 e. The zero-order valence-corrected chi connectivity index (χ0v) is 16.3. The molecule has 2 rings (SSSR count). The number of urea groups is 1. The molecule has 26 heavy (non-hydrogen) atoms. The molecule has 1 aliphatic heterocycles. The first kappa shape index (κ1) is 19.9. The third-order valence-corrected chi connectivity index (χ3v) is 4.68. The summed E-state index contributed by atoms with van der Waals surface area (Å²) in [6, 6.07) is 8.70. The number of imide groups is 1. The van der Waals surface area contributed by atoms with E-state index >= 15 is 0 Å². The molecular formula is C20H29N3O3. The molecule has 1 aliphatic rings. The van der Waals surface area contributed by atoms with Crippen LogP contribution in [-0.2, 0) is 9.59 Å². The first-order chi connectivity index (χ1) is 12.2. The van der Waals surface area contributed by atoms with Crippen LogP contribution in [0, 0.1) is 5.92 Å². The van der Waals surface area contributed by atoms with Gasteiger partial charge in [0.15, 0.2) is 0 Å². The Morgan fingerprint density at radius 3 is 2.31 bits per heavy atom. The number of benzene rings is 1. The number of hydrogen-bond acceptors (Lipinski definition) is 3. The van der Waals surface area contributed by atoms with E-state index in [4.69, 9.17) is 0 Å². The van der Waals surface area contributed by atoms with E-state index in [0.717, 1.165) is 17.0 Å². The van der Waals surface area contributed by atoms with Crippen LogP contribution in [0.25, 0.3) is 0 Å². The summed E-state index contributed by atoms with van der Waals surface area (Å²) in [5.41, 5.74) is -0.182. The third kappa shape index (κ3) is 4.23. The van der Waals surface area contributed by atoms with Crippen molar-refractivity contribution < 1.29 is 14.4 Å². The van der Waals surface area contributed by atoms with Gasteiger partial charge in [-0.05, 0) is 51.7 Å². The standard InChI is InChI=1S/C20H29N3O3/c1-14(2)11-12-20(5)18(25)22(19(26)21-20)13-17(24)23(15(3)4)16-9-7-6-8-10-16/h6-10,14-15H,11-13H2,1-5H3,(H,21,26). The highest BCUT2D eigenvalue weighted by Crippen LogP contribution is 2.25. The SMILES string of the molecule is CC(C)CCC1(C)NC(=O)N(CC(=O)N(c2ccccc2)C(C)C)C1=O. The average Bonchev–Trinajstić information content (AvgIpc) is 2.78. The largest absolute Gasteiger partial charge is 0.325 e. The Morgan fingerprint density at radius 1 is 1.15 bits per heavy atom. The lowest BCUT2D eigenvalue weighted by molar-refractivity contribution is -0.134. The molecule has 0 radical (unpaired) electrons. The van der Waals surface area contributed by atoms with Crippen molar-refractivity contribution in [2.24, 2.45) is 5.92 Å². The summed E-state index contributed by atoms with van der Waals surface area (Å²) in [5, 5.41) is 2.77. The van der Waals surface area contributed by atoms with Gasteiger partial charge in [0, 0.05) is 11.7 Å². The van der Waals surface area contributed by atoms with E-state index in [-0.39, 0.29) is 24.4 Å². The molecule has 0 bridgehead atoms. The van der Waals surface area contributed by atoms with Gasteiger partial charge in [-0.2, -0.15) is 0 Å². The normalized spacial score (nSPS) is 20.0. The van der Waals surface area contributed by atoms with Gasteiger partial charge >= 0.3 is 6.03 Å². The molecule has 0 aromatic heterocycles. The van der Waals surface area contributed by atoms with Crippen LogP contribution < -0.4 is 10.2 Å². The number of nitrogens with zero attached hydrogens (tertiary/aromatic N) is 2. The molecule has 0 aliphatic carbocycles. The van der Waals surface area contributed by atoms with Gasteiger partial charge in [-0.15, -0.1) is 0 Å². The number of amides is 4. The van der Waals surface area contributed by atoms with Gasteiger partial charge < -0.3 is 10.2 Å². The number of nitrogens with one attached hydrogen (secondary N) is 1. The summed E-state index contributed by atoms with van der Waals surface area (Å²) in [6.45, 7) is 9.44. The molecule has 6 nitrogen and oxygen atoms in total. The van der Waals surface area contributed by atoms with Crippen molar-refractivity contribution in [3.05, 3.63) is 30.3 Å². The van der Waals surface area contributed by atoms with Crippen molar-refractivity contribution in [2.45, 2.75) is 59.0 Å². The number of carbonyl (C=O) groups is 3. The van der Waals surface area contributed by atoms with Crippen LogP contribution in [-0.4, -0.2) is 40.9 Å². The zero-order valence-electron chi connectivity index (χ0n) is 16.3. The molecule has 1 aromatic carbocycles. The Bertz CT molecular complexity index is 672. The minimum Gasteiger partial charge on any atom is -0.323 e. The summed E-state index contributed by atoms with van der Waals surface area (Å²) in [6.07, 6.45) is 1.39. The molecule has 1 unspecified atom stereocenters. The highest BCUT2D eigenvalue weighted by molar-refractivity contribution is 6.10. The molecule has 142 valence electrons. The first-order valence-corrected chi connectivity index (χ1v) is 9.17. The van der Waals surface area contributed by atoms with Crippen molar-refractivity contribution in [1.29, 1.82) is 0 Å². The summed E-state index contributed by atoms with van der Waals surface area (Å²) < 4.78 is 0. The van der Waals surface area contributed by atoms with Crippen LogP contribution in [0.3, 0.4) is 0 Å². The van der Waals surface area contributed by atoms with Crippen molar-refractivity contribution in [3.63, 3.8) is 0 Å². The Labute approximate surface area is 155 Å². The van der Waals surface area contributed by atoms with Gasteiger partial charge in [-0.1, -0.05) is 32.0 Å². The van der Waals surface area contributed by atoms with Crippen LogP contribution in [0.5, 0.6) is 0 Å². The number of anilines is 1. The Kier molecular flexibility index (Phi) is 6.05. The van der Waals surface area contributed by atoms with E-state index in [1.54, 1.807) is 11.8 Å². The van der Waals surface area contributed by atoms with Crippen molar-refractivity contribution in [3.8, 4) is 0 Å². The Hall–Kier alpha value is -2.37. The van der Waals surface area contributed by atoms with Crippen molar-refractivity contribution >= 4 is 23.5 Å². The second kappa shape index (κ2) is 7.89. The predicted molar refractivity (Wildman–Crippen MR) is 102 cm³/mol. The van der Waals surface area contributed by atoms with Gasteiger partial charge in [-0.3, -0.25) is 14.5 Å². The van der Waals surface area contributed by atoms with E-state index in [0.29, 0.717) is 12.3 Å². The molecule has 1 atom stereocenters. The van der Waals surface area contributed by atoms with Crippen LogP contribution in [0.1, 0.15) is 47.5 Å². The first-order valence-electron chi connectivity index (χ1n) is 9.17. The highest BCUT2D eigenvalue weighted by Gasteiger charge is 2.48. The van der Waals surface area contributed by atoms with E-state index in [9.17, 15) is 14.4 Å². The fourth-order valence-electron chi connectivity index (χ4n) is 3.17. The molecule has 1 aromatic rings. The predicted octanol–water partition coefficient (Wildman–Crippen LogP) is 3.17. The lowest BCUT2D eigenvalue weighted by Gasteiger charge is -2.28. The minimum atomic E-state index is -0.933. The van der Waals surface area contributed by atoms with E-state index in [1.807, 2.05) is 44.2 Å². The highest BCUT2D eigenvalue weighted by atomic mass is 16.2. The van der Waals surface area contributed by atoms with Gasteiger partial charge in [0.25, 0.3) is 5.91 Å². The van der Waals surface area contributed by atoms with Gasteiger partial charge in [0.1, 0.15) is 12.1 Å². The second-order valence-electron chi connectivity index (χ2n) is 7.78. The topological polar surface area (TPSA) is 69.7 Å². The molecule has 1 N–H and O–H groups in total. The third-order valence-electron chi connectivity index (χ3n) is 4.68. The van der Waals surface area contributed by atoms with E-state index in [2.05, 4.69) is 19.2 Å². The monoisotopic (exact) mass is 359 g/mol. The van der Waals surface area contributed by atoms with Crippen molar-refractivity contribution in [1.82, 2.24) is 10.2 Å². The maximum atomic E-state index is 12.9. The second-order valence-corrected chi connectivity index (χ2v) is 7.78. The molecule has 1 fully saturated rings. The van der Waals surface area contributed by atoms with Crippen LogP contribution >= 0.6 is 0 Å². The maximum absolute atomic E-state index is 12.9. The number of rotatable bonds is 7. The number of hydrogen-bond donors (Lipinski definition) is 1. The fraction of sp³-hybridized carbons (Fsp3) is 0.550. The van der Waals surface area contributed by atoms with Crippen LogP contribution in [0.4, 0.5) is 10.5 Å². The molecule has 4 amide bonds. The molecule has 0 spiro atoms. The molecule has 6 heteroatoms. The van der Waals surface area contributed by atoms with Gasteiger partial charge in [-0.25, -0.2) is 4.79 Å². The quantitative estimate of drug-likeness (QED) is 0.760. The molecule has 0 saturated carbocycles. The average molecular weight is 359 g/mol. The number of carbonyl (C=O) groups excluding carboxylic acids is 3. The Morgan fingerprint density at radius 2 is 1.77 bits per heavy atom. The van der Waals surface area contributed by atoms with E-state index in [1.165, 1.54) is 0 Å². The van der Waals surface area contributed by atoms with Gasteiger partial charge in [0.2, 0.25) is 5.91 Å². The summed E-state index contributed by atoms with van der Waals surface area (Å²) in [4.78, 5) is 40.6. The van der Waals surface area contributed by atoms with Crippen molar-refractivity contribution in [2.75, 3.05) is 11.4 Å². The summed E-state index contributed by atoms with van der Waals surface area (Å²) in [5.74, 6) is -0.169. The lowest BCUT2D eigenvalue weighted by atomic mass is 9.92. The zero-order chi connectivity index (χ0) is 19.5. The van der Waals surface area contributed by atoms with Crippen LogP contribution in [0.15, 0.2) is 30.3 Å². The fourth-order valence-corrected chi connectivity index (χ4v) is 3.17. The number of para-hydroxylation sites is 1. The minimum absolute atomic E-state index is 0.0852. The molecule has 1 saturated heterocycles. The Balaban J connectivity index is 2.15.